The number of nitrogens with zero attached hydrogens (tertiary/aromatic N) is 3. The van der Waals surface area contributed by atoms with Gasteiger partial charge < -0.3 is 14.6 Å². The third kappa shape index (κ3) is 7.20. The van der Waals surface area contributed by atoms with Crippen LogP contribution in [0.15, 0.2) is 18.2 Å². The van der Waals surface area contributed by atoms with Crippen LogP contribution in [-0.2, 0) is 14.3 Å². The van der Waals surface area contributed by atoms with Crippen molar-refractivity contribution in [3.05, 3.63) is 41.0 Å². The third-order valence-electron chi connectivity index (χ3n) is 7.35. The monoisotopic (exact) mass is 508 g/mol. The Balaban J connectivity index is 1.56. The number of nitrogens with one attached hydrogen (secondary N) is 1. The van der Waals surface area contributed by atoms with Crippen molar-refractivity contribution in [2.75, 3.05) is 5.32 Å². The molecule has 1 unspecified atom stereocenters. The molecule has 2 aromatic rings. The first-order valence-corrected chi connectivity index (χ1v) is 13.9. The van der Waals surface area contributed by atoms with Gasteiger partial charge in [-0.1, -0.05) is 31.5 Å². The van der Waals surface area contributed by atoms with Crippen molar-refractivity contribution in [2.45, 2.75) is 117 Å². The minimum absolute atomic E-state index is 0.100. The Hall–Kier alpha value is -2.70. The van der Waals surface area contributed by atoms with Crippen molar-refractivity contribution in [2.24, 2.45) is 11.8 Å². The van der Waals surface area contributed by atoms with Gasteiger partial charge in [0.25, 0.3) is 0 Å². The molecule has 1 aromatic heterocycles. The summed E-state index contributed by atoms with van der Waals surface area (Å²) in [7, 11) is 0. The quantitative estimate of drug-likeness (QED) is 0.365. The summed E-state index contributed by atoms with van der Waals surface area (Å²) >= 11 is 0. The molecule has 2 aliphatic carbocycles. The maximum Gasteiger partial charge on any atom is 0.307 e. The third-order valence-corrected chi connectivity index (χ3v) is 7.35. The zero-order valence-electron chi connectivity index (χ0n) is 23.6. The van der Waals surface area contributed by atoms with Crippen molar-refractivity contribution < 1.29 is 14.3 Å². The fraction of sp³-hybridized carbons (Fsp3) is 0.667. The molecule has 0 spiro atoms. The number of carbonyl (C=O) groups excluding carboxylic acids is 2. The van der Waals surface area contributed by atoms with E-state index in [1.807, 2.05) is 46.8 Å². The minimum atomic E-state index is -0.588. The lowest BCUT2D eigenvalue weighted by atomic mass is 9.71. The summed E-state index contributed by atoms with van der Waals surface area (Å²) in [6.45, 7) is 14.2. The second kappa shape index (κ2) is 11.0. The first-order valence-electron chi connectivity index (χ1n) is 13.9. The van der Waals surface area contributed by atoms with Crippen molar-refractivity contribution in [3.8, 4) is 0 Å². The molecule has 0 aliphatic heterocycles. The standard InChI is InChI=1S/C30H44N4O3/c1-18(2)12-21-14-22(15-21)28-32-33-29(34(28)24-9-10-24)23(17-27(36)37-30(5,6)7)16-26(35)31-25-11-8-19(3)13-20(25)4/h8,11,13,18,21-24H,9-10,12,14-17H2,1-7H3,(H,31,35)/t21-,22+,23?. The molecule has 2 fully saturated rings. The first kappa shape index (κ1) is 27.3. The van der Waals surface area contributed by atoms with E-state index in [0.29, 0.717) is 17.9 Å². The summed E-state index contributed by atoms with van der Waals surface area (Å²) in [6, 6.07) is 6.34. The van der Waals surface area contributed by atoms with E-state index in [0.717, 1.165) is 60.1 Å². The van der Waals surface area contributed by atoms with E-state index in [1.54, 1.807) is 0 Å². The molecule has 1 atom stereocenters. The smallest absolute Gasteiger partial charge is 0.307 e. The van der Waals surface area contributed by atoms with Gasteiger partial charge in [0.15, 0.2) is 0 Å². The van der Waals surface area contributed by atoms with Crippen LogP contribution in [0.4, 0.5) is 5.69 Å². The summed E-state index contributed by atoms with van der Waals surface area (Å²) in [6.07, 6.45) is 5.98. The van der Waals surface area contributed by atoms with Crippen LogP contribution >= 0.6 is 0 Å². The molecule has 4 rings (SSSR count). The Morgan fingerprint density at radius 1 is 1.11 bits per heavy atom. The van der Waals surface area contributed by atoms with E-state index in [1.165, 1.54) is 6.42 Å². The highest BCUT2D eigenvalue weighted by molar-refractivity contribution is 5.92. The van der Waals surface area contributed by atoms with Crippen LogP contribution in [-0.4, -0.2) is 32.2 Å². The Labute approximate surface area is 221 Å². The topological polar surface area (TPSA) is 86.1 Å². The molecule has 37 heavy (non-hydrogen) atoms. The number of aryl methyl sites for hydroxylation is 2. The Kier molecular flexibility index (Phi) is 8.10. The lowest BCUT2D eigenvalue weighted by Crippen LogP contribution is -2.28. The maximum absolute atomic E-state index is 13.2. The van der Waals surface area contributed by atoms with Crippen LogP contribution in [0.5, 0.6) is 0 Å². The number of anilines is 1. The number of esters is 1. The van der Waals surface area contributed by atoms with Gasteiger partial charge in [-0.05, 0) is 90.2 Å². The number of amides is 1. The number of aromatic nitrogens is 3. The molecule has 0 bridgehead atoms. The molecule has 1 heterocycles. The molecule has 0 radical (unpaired) electrons. The van der Waals surface area contributed by atoms with Gasteiger partial charge >= 0.3 is 5.97 Å². The maximum atomic E-state index is 13.2. The van der Waals surface area contributed by atoms with Crippen LogP contribution in [0, 0.1) is 25.7 Å². The van der Waals surface area contributed by atoms with E-state index >= 15 is 0 Å². The predicted octanol–water partition coefficient (Wildman–Crippen LogP) is 6.61. The van der Waals surface area contributed by atoms with E-state index < -0.39 is 11.5 Å². The lowest BCUT2D eigenvalue weighted by molar-refractivity contribution is -0.155. The van der Waals surface area contributed by atoms with Gasteiger partial charge in [-0.25, -0.2) is 0 Å². The Morgan fingerprint density at radius 3 is 2.41 bits per heavy atom. The zero-order chi connectivity index (χ0) is 26.9. The molecule has 1 amide bonds. The van der Waals surface area contributed by atoms with Crippen LogP contribution in [0.25, 0.3) is 0 Å². The largest absolute Gasteiger partial charge is 0.460 e. The van der Waals surface area contributed by atoms with Crippen LogP contribution < -0.4 is 5.32 Å². The average Bonchev–Trinajstić information content (AvgIpc) is 3.49. The molecular formula is C30H44N4O3. The second-order valence-corrected chi connectivity index (χ2v) is 12.7. The zero-order valence-corrected chi connectivity index (χ0v) is 23.6. The molecule has 202 valence electrons. The average molecular weight is 509 g/mol. The van der Waals surface area contributed by atoms with E-state index in [2.05, 4.69) is 40.0 Å². The highest BCUT2D eigenvalue weighted by atomic mass is 16.6. The highest BCUT2D eigenvalue weighted by Gasteiger charge is 2.40. The van der Waals surface area contributed by atoms with Crippen molar-refractivity contribution in [3.63, 3.8) is 0 Å². The fourth-order valence-corrected chi connectivity index (χ4v) is 5.60. The number of carbonyl (C=O) groups is 2. The van der Waals surface area contributed by atoms with E-state index in [9.17, 15) is 9.59 Å². The van der Waals surface area contributed by atoms with Crippen molar-refractivity contribution in [1.82, 2.24) is 14.8 Å². The number of hydrogen-bond donors (Lipinski definition) is 1. The minimum Gasteiger partial charge on any atom is -0.460 e. The number of benzene rings is 1. The molecule has 1 aromatic carbocycles. The normalized spacial score (nSPS) is 20.4. The van der Waals surface area contributed by atoms with Gasteiger partial charge in [0.1, 0.15) is 17.2 Å². The SMILES string of the molecule is Cc1ccc(NC(=O)CC(CC(=O)OC(C)(C)C)c2nnc([C@H]3C[C@@H](CC(C)C)C3)n2C2CC2)c(C)c1. The van der Waals surface area contributed by atoms with Gasteiger partial charge in [-0.3, -0.25) is 9.59 Å². The number of ether oxygens (including phenoxy) is 1. The van der Waals surface area contributed by atoms with Gasteiger partial charge in [-0.2, -0.15) is 0 Å². The van der Waals surface area contributed by atoms with Crippen molar-refractivity contribution in [1.29, 1.82) is 0 Å². The summed E-state index contributed by atoms with van der Waals surface area (Å²) in [5, 5.41) is 12.3. The predicted molar refractivity (Wildman–Crippen MR) is 146 cm³/mol. The first-order chi connectivity index (χ1) is 17.4. The van der Waals surface area contributed by atoms with Crippen LogP contribution in [0.1, 0.15) is 120 Å². The van der Waals surface area contributed by atoms with Gasteiger partial charge in [-0.15, -0.1) is 10.2 Å². The molecular weight excluding hydrogens is 464 g/mol. The molecule has 0 saturated heterocycles. The van der Waals surface area contributed by atoms with Crippen molar-refractivity contribution >= 4 is 17.6 Å². The van der Waals surface area contributed by atoms with Gasteiger partial charge in [0, 0.05) is 30.0 Å². The number of rotatable bonds is 10. The van der Waals surface area contributed by atoms with Gasteiger partial charge in [0.05, 0.1) is 6.42 Å². The van der Waals surface area contributed by atoms with Crippen LogP contribution in [0.2, 0.25) is 0 Å². The molecule has 7 heteroatoms. The lowest BCUT2D eigenvalue weighted by Gasteiger charge is -2.36. The Morgan fingerprint density at radius 2 is 1.81 bits per heavy atom. The molecule has 1 N–H and O–H groups in total. The summed E-state index contributed by atoms with van der Waals surface area (Å²) < 4.78 is 7.92. The molecule has 2 saturated carbocycles. The molecule has 7 nitrogen and oxygen atoms in total. The summed E-state index contributed by atoms with van der Waals surface area (Å²) in [5.41, 5.74) is 2.37. The number of hydrogen-bond acceptors (Lipinski definition) is 5. The summed E-state index contributed by atoms with van der Waals surface area (Å²) in [4.78, 5) is 26.1. The van der Waals surface area contributed by atoms with E-state index in [4.69, 9.17) is 4.74 Å². The second-order valence-electron chi connectivity index (χ2n) is 12.7. The van der Waals surface area contributed by atoms with Gasteiger partial charge in [0.2, 0.25) is 5.91 Å². The molecule has 2 aliphatic rings. The van der Waals surface area contributed by atoms with E-state index in [-0.39, 0.29) is 24.7 Å². The fourth-order valence-electron chi connectivity index (χ4n) is 5.60. The Bertz CT molecular complexity index is 1120. The van der Waals surface area contributed by atoms with Crippen LogP contribution in [0.3, 0.4) is 0 Å². The summed E-state index contributed by atoms with van der Waals surface area (Å²) in [5.74, 6) is 2.83. The highest BCUT2D eigenvalue weighted by Crippen LogP contribution is 2.48.